The van der Waals surface area contributed by atoms with Crippen molar-refractivity contribution in [1.82, 2.24) is 5.32 Å². The second kappa shape index (κ2) is 6.98. The van der Waals surface area contributed by atoms with E-state index in [1.54, 1.807) is 12.1 Å². The average molecular weight is 319 g/mol. The van der Waals surface area contributed by atoms with Gasteiger partial charge in [-0.2, -0.15) is 0 Å². The van der Waals surface area contributed by atoms with Gasteiger partial charge in [-0.05, 0) is 36.8 Å². The monoisotopic (exact) mass is 319 g/mol. The van der Waals surface area contributed by atoms with Gasteiger partial charge in [0.2, 0.25) is 0 Å². The van der Waals surface area contributed by atoms with E-state index in [0.29, 0.717) is 11.3 Å². The first-order chi connectivity index (χ1) is 10.9. The molecular formula is C17H25N3O3. The predicted molar refractivity (Wildman–Crippen MR) is 90.9 cm³/mol. The summed E-state index contributed by atoms with van der Waals surface area (Å²) in [7, 11) is 1.52. The van der Waals surface area contributed by atoms with Gasteiger partial charge in [-0.15, -0.1) is 0 Å². The van der Waals surface area contributed by atoms with Crippen LogP contribution in [0.25, 0.3) is 0 Å². The van der Waals surface area contributed by atoms with Gasteiger partial charge in [0.15, 0.2) is 0 Å². The van der Waals surface area contributed by atoms with Crippen LogP contribution in [0.1, 0.15) is 49.9 Å². The van der Waals surface area contributed by atoms with Gasteiger partial charge in [0.25, 0.3) is 11.6 Å². The Balaban J connectivity index is 2.34. The molecule has 1 amide bonds. The van der Waals surface area contributed by atoms with E-state index < -0.39 is 4.92 Å². The first-order valence-electron chi connectivity index (χ1n) is 8.15. The van der Waals surface area contributed by atoms with Gasteiger partial charge in [-0.1, -0.05) is 20.3 Å². The summed E-state index contributed by atoms with van der Waals surface area (Å²) in [6, 6.07) is 4.74. The van der Waals surface area contributed by atoms with Gasteiger partial charge in [-0.25, -0.2) is 0 Å². The molecule has 1 fully saturated rings. The maximum Gasteiger partial charge on any atom is 0.293 e. The van der Waals surface area contributed by atoms with Crippen LogP contribution in [-0.2, 0) is 0 Å². The molecular weight excluding hydrogens is 294 g/mol. The summed E-state index contributed by atoms with van der Waals surface area (Å²) in [5, 5.41) is 14.0. The Hall–Kier alpha value is -2.11. The minimum Gasteiger partial charge on any atom is -0.365 e. The Labute approximate surface area is 137 Å². The van der Waals surface area contributed by atoms with Crippen molar-refractivity contribution in [3.05, 3.63) is 33.9 Å². The van der Waals surface area contributed by atoms with Crippen LogP contribution < -0.4 is 10.2 Å². The molecule has 0 spiro atoms. The summed E-state index contributed by atoms with van der Waals surface area (Å²) in [6.45, 7) is 6.07. The molecule has 1 unspecified atom stereocenters. The maximum atomic E-state index is 11.7. The molecule has 23 heavy (non-hydrogen) atoms. The van der Waals surface area contributed by atoms with Gasteiger partial charge < -0.3 is 10.2 Å². The number of carbonyl (C=O) groups is 1. The third-order valence-corrected chi connectivity index (χ3v) is 4.64. The molecule has 0 bridgehead atoms. The molecule has 0 aromatic heterocycles. The molecule has 0 radical (unpaired) electrons. The lowest BCUT2D eigenvalue weighted by Crippen LogP contribution is -2.42. The number of carbonyl (C=O) groups excluding carboxylic acids is 1. The second-order valence-electron chi connectivity index (χ2n) is 6.63. The highest BCUT2D eigenvalue weighted by Crippen LogP contribution is 2.39. The van der Waals surface area contributed by atoms with E-state index >= 15 is 0 Å². The van der Waals surface area contributed by atoms with E-state index in [4.69, 9.17) is 0 Å². The molecule has 2 rings (SSSR count). The fraction of sp³-hybridized carbons (Fsp3) is 0.588. The number of nitrogens with zero attached hydrogens (tertiary/aromatic N) is 2. The highest BCUT2D eigenvalue weighted by Gasteiger charge is 2.33. The van der Waals surface area contributed by atoms with Crippen LogP contribution in [0.2, 0.25) is 0 Å². The third-order valence-electron chi connectivity index (χ3n) is 4.64. The van der Waals surface area contributed by atoms with E-state index in [1.807, 2.05) is 0 Å². The number of hydrogen-bond acceptors (Lipinski definition) is 4. The summed E-state index contributed by atoms with van der Waals surface area (Å²) >= 11 is 0. The normalized spacial score (nSPS) is 21.1. The number of nitro groups is 1. The van der Waals surface area contributed by atoms with Gasteiger partial charge in [0, 0.05) is 31.8 Å². The number of anilines is 1. The topological polar surface area (TPSA) is 75.5 Å². The first-order valence-corrected chi connectivity index (χ1v) is 8.15. The Bertz CT molecular complexity index is 599. The smallest absolute Gasteiger partial charge is 0.293 e. The van der Waals surface area contributed by atoms with Crippen molar-refractivity contribution in [2.75, 3.05) is 25.0 Å². The van der Waals surface area contributed by atoms with Crippen molar-refractivity contribution >= 4 is 17.3 Å². The van der Waals surface area contributed by atoms with E-state index in [1.165, 1.54) is 13.1 Å². The molecule has 1 atom stereocenters. The first kappa shape index (κ1) is 17.2. The van der Waals surface area contributed by atoms with Crippen LogP contribution in [0.15, 0.2) is 18.2 Å². The molecule has 6 heteroatoms. The zero-order valence-electron chi connectivity index (χ0n) is 14.1. The van der Waals surface area contributed by atoms with E-state index in [9.17, 15) is 14.9 Å². The van der Waals surface area contributed by atoms with Crippen LogP contribution in [0.5, 0.6) is 0 Å². The van der Waals surface area contributed by atoms with Gasteiger partial charge in [-0.3, -0.25) is 14.9 Å². The molecule has 6 nitrogen and oxygen atoms in total. The number of hydrogen-bond donors (Lipinski definition) is 1. The van der Waals surface area contributed by atoms with Gasteiger partial charge in [0.1, 0.15) is 5.69 Å². The SMILES string of the molecule is CCCC1(C)CCCN(c2ccc(C(=O)NC)cc2[N+](=O)[O-])C1. The minimum absolute atomic E-state index is 0.00634. The molecule has 126 valence electrons. The standard InChI is InChI=1S/C17H25N3O3/c1-4-8-17(2)9-5-10-19(12-17)14-7-6-13(16(21)18-3)11-15(14)20(22)23/h6-7,11H,4-5,8-10,12H2,1-3H3,(H,18,21). The fourth-order valence-electron chi connectivity index (χ4n) is 3.55. The van der Waals surface area contributed by atoms with Crippen molar-refractivity contribution in [2.45, 2.75) is 39.5 Å². The highest BCUT2D eigenvalue weighted by atomic mass is 16.6. The van der Waals surface area contributed by atoms with Crippen LogP contribution in [0, 0.1) is 15.5 Å². The van der Waals surface area contributed by atoms with E-state index in [2.05, 4.69) is 24.1 Å². The van der Waals surface area contributed by atoms with Crippen LogP contribution in [0.4, 0.5) is 11.4 Å². The Kier molecular flexibility index (Phi) is 5.23. The van der Waals surface area contributed by atoms with Crippen molar-refractivity contribution in [2.24, 2.45) is 5.41 Å². The van der Waals surface area contributed by atoms with E-state index in [0.717, 1.165) is 38.8 Å². The van der Waals surface area contributed by atoms with Crippen molar-refractivity contribution < 1.29 is 9.72 Å². The fourth-order valence-corrected chi connectivity index (χ4v) is 3.55. The minimum atomic E-state index is -0.395. The van der Waals surface area contributed by atoms with Crippen LogP contribution in [-0.4, -0.2) is 31.0 Å². The summed E-state index contributed by atoms with van der Waals surface area (Å²) in [5.41, 5.74) is 1.13. The van der Waals surface area contributed by atoms with Crippen molar-refractivity contribution in [3.8, 4) is 0 Å². The zero-order valence-corrected chi connectivity index (χ0v) is 14.1. The summed E-state index contributed by atoms with van der Waals surface area (Å²) in [4.78, 5) is 24.9. The lowest BCUT2D eigenvalue weighted by molar-refractivity contribution is -0.384. The predicted octanol–water partition coefficient (Wildman–Crippen LogP) is 3.36. The molecule has 1 N–H and O–H groups in total. The van der Waals surface area contributed by atoms with Gasteiger partial charge >= 0.3 is 0 Å². The number of piperidine rings is 1. The Morgan fingerprint density at radius 3 is 2.83 bits per heavy atom. The van der Waals surface area contributed by atoms with Crippen molar-refractivity contribution in [3.63, 3.8) is 0 Å². The summed E-state index contributed by atoms with van der Waals surface area (Å²) < 4.78 is 0. The Morgan fingerprint density at radius 1 is 1.48 bits per heavy atom. The molecule has 1 aromatic carbocycles. The maximum absolute atomic E-state index is 11.7. The number of nitrogens with one attached hydrogen (secondary N) is 1. The van der Waals surface area contributed by atoms with Crippen LogP contribution >= 0.6 is 0 Å². The molecule has 1 aliphatic rings. The second-order valence-corrected chi connectivity index (χ2v) is 6.63. The van der Waals surface area contributed by atoms with Gasteiger partial charge in [0.05, 0.1) is 4.92 Å². The molecule has 1 heterocycles. The third kappa shape index (κ3) is 3.81. The molecule has 1 aromatic rings. The summed E-state index contributed by atoms with van der Waals surface area (Å²) in [6.07, 6.45) is 4.42. The molecule has 1 saturated heterocycles. The van der Waals surface area contributed by atoms with Crippen molar-refractivity contribution in [1.29, 1.82) is 0 Å². The number of amides is 1. The highest BCUT2D eigenvalue weighted by molar-refractivity contribution is 5.95. The molecule has 0 saturated carbocycles. The Morgan fingerprint density at radius 2 is 2.22 bits per heavy atom. The number of benzene rings is 1. The van der Waals surface area contributed by atoms with E-state index in [-0.39, 0.29) is 17.0 Å². The lowest BCUT2D eigenvalue weighted by Gasteiger charge is -2.41. The zero-order chi connectivity index (χ0) is 17.0. The quantitative estimate of drug-likeness (QED) is 0.667. The molecule has 1 aliphatic heterocycles. The average Bonchev–Trinajstić information content (AvgIpc) is 2.53. The van der Waals surface area contributed by atoms with Crippen LogP contribution in [0.3, 0.4) is 0 Å². The lowest BCUT2D eigenvalue weighted by atomic mass is 9.78. The number of nitro benzene ring substituents is 1. The molecule has 0 aliphatic carbocycles. The summed E-state index contributed by atoms with van der Waals surface area (Å²) in [5.74, 6) is -0.311. The number of rotatable bonds is 5. The largest absolute Gasteiger partial charge is 0.365 e.